The van der Waals surface area contributed by atoms with Crippen LogP contribution < -0.4 is 5.32 Å². The van der Waals surface area contributed by atoms with Crippen molar-refractivity contribution in [1.29, 1.82) is 0 Å². The molecule has 1 aliphatic carbocycles. The molecular weight excluding hydrogens is 288 g/mol. The molecule has 2 unspecified atom stereocenters. The average molecular weight is 311 g/mol. The summed E-state index contributed by atoms with van der Waals surface area (Å²) in [6, 6.07) is 4.83. The summed E-state index contributed by atoms with van der Waals surface area (Å²) in [6.45, 7) is 3.67. The Bertz CT molecular complexity index is 493. The van der Waals surface area contributed by atoms with Gasteiger partial charge in [-0.1, -0.05) is 43.9 Å². The van der Waals surface area contributed by atoms with Crippen LogP contribution in [-0.4, -0.2) is 11.5 Å². The standard InChI is InChI=1S/C16H23ClN2O2/c1-12-4-2-5-13(10-12)8-9-18-11-14-15(17)6-3-7-16(14)19(20)21/h3,6-7,12-13,18H,2,4-5,8-11H2,1H3. The Balaban J connectivity index is 1.82. The Morgan fingerprint density at radius 3 is 2.95 bits per heavy atom. The summed E-state index contributed by atoms with van der Waals surface area (Å²) in [7, 11) is 0. The fraction of sp³-hybridized carbons (Fsp3) is 0.625. The molecule has 1 aromatic rings. The molecule has 1 N–H and O–H groups in total. The molecule has 1 saturated carbocycles. The van der Waals surface area contributed by atoms with Gasteiger partial charge >= 0.3 is 0 Å². The fourth-order valence-electron chi connectivity index (χ4n) is 3.23. The molecule has 5 heteroatoms. The van der Waals surface area contributed by atoms with Crippen LogP contribution in [0.5, 0.6) is 0 Å². The number of rotatable bonds is 6. The summed E-state index contributed by atoms with van der Waals surface area (Å²) in [5.74, 6) is 1.64. The normalized spacial score (nSPS) is 22.2. The molecule has 0 amide bonds. The van der Waals surface area contributed by atoms with E-state index in [4.69, 9.17) is 11.6 Å². The molecule has 1 aromatic carbocycles. The zero-order valence-electron chi connectivity index (χ0n) is 12.5. The highest BCUT2D eigenvalue weighted by Gasteiger charge is 2.19. The summed E-state index contributed by atoms with van der Waals surface area (Å²) in [4.78, 5) is 10.6. The zero-order valence-corrected chi connectivity index (χ0v) is 13.2. The summed E-state index contributed by atoms with van der Waals surface area (Å²) in [6.07, 6.45) is 6.46. The first kappa shape index (κ1) is 16.2. The van der Waals surface area contributed by atoms with E-state index in [2.05, 4.69) is 12.2 Å². The van der Waals surface area contributed by atoms with Gasteiger partial charge < -0.3 is 5.32 Å². The molecule has 1 aliphatic rings. The molecule has 0 radical (unpaired) electrons. The molecule has 0 heterocycles. The van der Waals surface area contributed by atoms with Crippen molar-refractivity contribution in [1.82, 2.24) is 5.32 Å². The highest BCUT2D eigenvalue weighted by Crippen LogP contribution is 2.30. The molecule has 0 saturated heterocycles. The maximum Gasteiger partial charge on any atom is 0.275 e. The minimum atomic E-state index is -0.369. The molecule has 0 bridgehead atoms. The van der Waals surface area contributed by atoms with Crippen LogP contribution >= 0.6 is 11.6 Å². The Kier molecular flexibility index (Phi) is 6.00. The van der Waals surface area contributed by atoms with Gasteiger partial charge in [0.2, 0.25) is 0 Å². The topological polar surface area (TPSA) is 55.2 Å². The van der Waals surface area contributed by atoms with Crippen molar-refractivity contribution in [2.45, 2.75) is 45.6 Å². The molecule has 1 fully saturated rings. The molecule has 0 aromatic heterocycles. The van der Waals surface area contributed by atoms with Gasteiger partial charge in [0.05, 0.1) is 15.5 Å². The lowest BCUT2D eigenvalue weighted by atomic mass is 9.81. The number of hydrogen-bond donors (Lipinski definition) is 1. The van der Waals surface area contributed by atoms with Crippen LogP contribution in [0.4, 0.5) is 5.69 Å². The quantitative estimate of drug-likeness (QED) is 0.476. The number of nitrogens with zero attached hydrogens (tertiary/aromatic N) is 1. The zero-order chi connectivity index (χ0) is 15.2. The van der Waals surface area contributed by atoms with Gasteiger partial charge in [0, 0.05) is 12.6 Å². The van der Waals surface area contributed by atoms with E-state index in [0.717, 1.165) is 24.8 Å². The fourth-order valence-corrected chi connectivity index (χ4v) is 3.47. The number of nitro benzene ring substituents is 1. The van der Waals surface area contributed by atoms with Gasteiger partial charge in [0.1, 0.15) is 0 Å². The van der Waals surface area contributed by atoms with Crippen LogP contribution in [-0.2, 0) is 6.54 Å². The van der Waals surface area contributed by atoms with E-state index in [-0.39, 0.29) is 10.6 Å². The van der Waals surface area contributed by atoms with Crippen LogP contribution in [0.2, 0.25) is 5.02 Å². The summed E-state index contributed by atoms with van der Waals surface area (Å²) < 4.78 is 0. The Hall–Kier alpha value is -1.13. The van der Waals surface area contributed by atoms with E-state index >= 15 is 0 Å². The first-order chi connectivity index (χ1) is 10.1. The second-order valence-corrected chi connectivity index (χ2v) is 6.51. The molecule has 2 atom stereocenters. The maximum absolute atomic E-state index is 11.0. The first-order valence-electron chi connectivity index (χ1n) is 7.70. The molecule has 4 nitrogen and oxygen atoms in total. The average Bonchev–Trinajstić information content (AvgIpc) is 2.44. The second-order valence-electron chi connectivity index (χ2n) is 6.10. The lowest BCUT2D eigenvalue weighted by Crippen LogP contribution is -2.21. The van der Waals surface area contributed by atoms with Crippen molar-refractivity contribution in [2.75, 3.05) is 6.54 Å². The summed E-state index contributed by atoms with van der Waals surface area (Å²) >= 11 is 6.08. The van der Waals surface area contributed by atoms with E-state index in [9.17, 15) is 10.1 Å². The number of benzene rings is 1. The third kappa shape index (κ3) is 4.68. The molecule has 116 valence electrons. The second kappa shape index (κ2) is 7.76. The van der Waals surface area contributed by atoms with E-state index in [1.165, 1.54) is 31.7 Å². The van der Waals surface area contributed by atoms with Crippen molar-refractivity contribution < 1.29 is 4.92 Å². The molecular formula is C16H23ClN2O2. The van der Waals surface area contributed by atoms with Gasteiger partial charge in [-0.15, -0.1) is 0 Å². The van der Waals surface area contributed by atoms with Crippen LogP contribution in [0.3, 0.4) is 0 Å². The van der Waals surface area contributed by atoms with Crippen LogP contribution in [0.15, 0.2) is 18.2 Å². The number of nitrogens with one attached hydrogen (secondary N) is 1. The van der Waals surface area contributed by atoms with Crippen LogP contribution in [0.25, 0.3) is 0 Å². The van der Waals surface area contributed by atoms with Gasteiger partial charge in [0.15, 0.2) is 0 Å². The smallest absolute Gasteiger partial charge is 0.275 e. The van der Waals surface area contributed by atoms with Gasteiger partial charge in [-0.3, -0.25) is 10.1 Å². The third-order valence-corrected chi connectivity index (χ3v) is 4.72. The van der Waals surface area contributed by atoms with Crippen LogP contribution in [0, 0.1) is 22.0 Å². The van der Waals surface area contributed by atoms with Crippen molar-refractivity contribution in [2.24, 2.45) is 11.8 Å². The molecule has 2 rings (SSSR count). The Morgan fingerprint density at radius 1 is 1.43 bits per heavy atom. The van der Waals surface area contributed by atoms with E-state index in [0.29, 0.717) is 17.1 Å². The summed E-state index contributed by atoms with van der Waals surface area (Å²) in [5, 5.41) is 14.8. The monoisotopic (exact) mass is 310 g/mol. The molecule has 0 aliphatic heterocycles. The van der Waals surface area contributed by atoms with Gasteiger partial charge in [-0.2, -0.15) is 0 Å². The third-order valence-electron chi connectivity index (χ3n) is 4.37. The van der Waals surface area contributed by atoms with E-state index < -0.39 is 0 Å². The number of hydrogen-bond acceptors (Lipinski definition) is 3. The minimum Gasteiger partial charge on any atom is -0.312 e. The SMILES string of the molecule is CC1CCCC(CCNCc2c(Cl)cccc2[N+](=O)[O-])C1. The van der Waals surface area contributed by atoms with Crippen molar-refractivity contribution >= 4 is 17.3 Å². The van der Waals surface area contributed by atoms with Crippen LogP contribution in [0.1, 0.15) is 44.6 Å². The Labute approximate surface area is 131 Å². The predicted octanol–water partition coefficient (Wildman–Crippen LogP) is 4.55. The predicted molar refractivity (Wildman–Crippen MR) is 85.6 cm³/mol. The molecule has 0 spiro atoms. The van der Waals surface area contributed by atoms with Crippen molar-refractivity contribution in [3.05, 3.63) is 38.9 Å². The summed E-state index contributed by atoms with van der Waals surface area (Å²) in [5.41, 5.74) is 0.683. The van der Waals surface area contributed by atoms with E-state index in [1.54, 1.807) is 12.1 Å². The highest BCUT2D eigenvalue weighted by atomic mass is 35.5. The van der Waals surface area contributed by atoms with Gasteiger partial charge in [-0.25, -0.2) is 0 Å². The lowest BCUT2D eigenvalue weighted by molar-refractivity contribution is -0.385. The van der Waals surface area contributed by atoms with Gasteiger partial charge in [-0.05, 0) is 37.3 Å². The largest absolute Gasteiger partial charge is 0.312 e. The van der Waals surface area contributed by atoms with Gasteiger partial charge in [0.25, 0.3) is 5.69 Å². The van der Waals surface area contributed by atoms with E-state index in [1.807, 2.05) is 0 Å². The number of nitro groups is 1. The van der Waals surface area contributed by atoms with Crippen molar-refractivity contribution in [3.63, 3.8) is 0 Å². The first-order valence-corrected chi connectivity index (χ1v) is 8.08. The number of halogens is 1. The maximum atomic E-state index is 11.0. The lowest BCUT2D eigenvalue weighted by Gasteiger charge is -2.26. The van der Waals surface area contributed by atoms with Crippen molar-refractivity contribution in [3.8, 4) is 0 Å². The highest BCUT2D eigenvalue weighted by molar-refractivity contribution is 6.31. The Morgan fingerprint density at radius 2 is 2.24 bits per heavy atom. The minimum absolute atomic E-state index is 0.0984. The molecule has 21 heavy (non-hydrogen) atoms.